The van der Waals surface area contributed by atoms with E-state index < -0.39 is 73.7 Å². The molecule has 3 aromatic carbocycles. The average Bonchev–Trinajstić information content (AvgIpc) is 1.53. The first-order chi connectivity index (χ1) is 49.5. The van der Waals surface area contributed by atoms with Gasteiger partial charge in [-0.1, -0.05) is 89.9 Å². The smallest absolute Gasteiger partial charge is 0.284 e. The van der Waals surface area contributed by atoms with Gasteiger partial charge in [-0.25, -0.2) is 36.2 Å². The van der Waals surface area contributed by atoms with Gasteiger partial charge in [0.2, 0.25) is 0 Å². The summed E-state index contributed by atoms with van der Waals surface area (Å²) in [6, 6.07) is 19.5. The first kappa shape index (κ1) is 81.2. The summed E-state index contributed by atoms with van der Waals surface area (Å²) in [5, 5.41) is 15.5. The van der Waals surface area contributed by atoms with Gasteiger partial charge < -0.3 is 53.7 Å². The second-order valence-electron chi connectivity index (χ2n) is 32.0. The van der Waals surface area contributed by atoms with Crippen LogP contribution in [0.15, 0.2) is 69.6 Å². The molecule has 14 N–H and O–H groups in total. The largest absolute Gasteiger partial charge is 0.412 e. The van der Waals surface area contributed by atoms with Crippen LogP contribution < -0.4 is 34.0 Å². The molecule has 0 aromatic heterocycles. The Hall–Kier alpha value is -5.81. The molecule has 2 saturated heterocycles. The van der Waals surface area contributed by atoms with Crippen molar-refractivity contribution in [1.82, 2.24) is 26.6 Å². The number of benzene rings is 3. The van der Waals surface area contributed by atoms with Crippen LogP contribution in [-0.2, 0) is 55.0 Å². The highest BCUT2D eigenvalue weighted by molar-refractivity contribution is 8.38. The van der Waals surface area contributed by atoms with E-state index in [-0.39, 0.29) is 51.6 Å². The Kier molecular flexibility index (Phi) is 23.9. The van der Waals surface area contributed by atoms with Gasteiger partial charge in [-0.05, 0) is 238 Å². The third-order valence-electron chi connectivity index (χ3n) is 23.8. The monoisotopic (exact) mass is 1540 g/mol. The fourth-order valence-corrected chi connectivity index (χ4v) is 20.1. The number of amidine groups is 2. The molecule has 5 heterocycles. The Morgan fingerprint density at radius 2 is 0.953 bits per heavy atom. The molecule has 17 rings (SSSR count). The van der Waals surface area contributed by atoms with Crippen LogP contribution in [0.25, 0.3) is 0 Å². The van der Waals surface area contributed by atoms with Crippen molar-refractivity contribution in [3.05, 3.63) is 105 Å². The van der Waals surface area contributed by atoms with E-state index in [0.29, 0.717) is 40.6 Å². The number of thioether (sulfide) groups is 1. The molecular weight excluding hydrogens is 1440 g/mol. The summed E-state index contributed by atoms with van der Waals surface area (Å²) in [5.74, 6) is 14.6. The highest BCUT2D eigenvalue weighted by atomic mass is 32.2. The van der Waals surface area contributed by atoms with Gasteiger partial charge >= 0.3 is 0 Å². The maximum absolute atomic E-state index is 14.3. The molecule has 0 amide bonds. The lowest BCUT2D eigenvalue weighted by Gasteiger charge is -2.48. The summed E-state index contributed by atoms with van der Waals surface area (Å²) in [6.45, 7) is 2.11. The molecule has 3 unspecified atom stereocenters. The predicted molar refractivity (Wildman–Crippen MR) is 416 cm³/mol. The maximum atomic E-state index is 14.3. The molecule has 6 saturated carbocycles. The number of ether oxygens (including phenoxy) is 3. The van der Waals surface area contributed by atoms with Crippen molar-refractivity contribution < 1.29 is 56.2 Å². The summed E-state index contributed by atoms with van der Waals surface area (Å²) in [5.41, 5.74) is 23.3. The third kappa shape index (κ3) is 15.7. The maximum Gasteiger partial charge on any atom is 0.284 e. The first-order valence-electron chi connectivity index (χ1n) is 36.7. The molecule has 27 heteroatoms. The fourth-order valence-electron chi connectivity index (χ4n) is 17.7. The number of rotatable bonds is 5. The van der Waals surface area contributed by atoms with Crippen LogP contribution in [0.1, 0.15) is 186 Å². The minimum absolute atomic E-state index is 0. The number of fused-ring (bicyclic) bond motifs is 13. The van der Waals surface area contributed by atoms with Gasteiger partial charge in [0.15, 0.2) is 16.6 Å². The number of nitrogens with two attached hydrogens (primary N) is 3. The molecule has 3 atom stereocenters. The van der Waals surface area contributed by atoms with Crippen LogP contribution in [0, 0.1) is 69.5 Å². The number of aliphatic imine (C=N–C) groups is 3. The summed E-state index contributed by atoms with van der Waals surface area (Å²) >= 11 is 18.7. The van der Waals surface area contributed by atoms with Gasteiger partial charge in [-0.2, -0.15) is 0 Å². The summed E-state index contributed by atoms with van der Waals surface area (Å²) < 4.78 is 99.1. The second kappa shape index (κ2) is 31.2. The normalized spacial score (nSPS) is 31.1. The van der Waals surface area contributed by atoms with E-state index in [1.54, 1.807) is 51.7 Å². The summed E-state index contributed by atoms with van der Waals surface area (Å²) in [7, 11) is 5.36. The fraction of sp³-hybridized carbons (Fsp3) is 0.620. The topological polar surface area (TPSA) is 269 Å². The molecule has 106 heavy (non-hydrogen) atoms. The average molecular weight is 1540 g/mol. The number of nitrogens with one attached hydrogen (secondary N) is 2. The van der Waals surface area contributed by atoms with E-state index in [1.165, 1.54) is 65.7 Å². The molecule has 14 aliphatic rings. The van der Waals surface area contributed by atoms with Crippen LogP contribution >= 0.6 is 48.4 Å². The van der Waals surface area contributed by atoms with Crippen LogP contribution in [0.2, 0.25) is 0 Å². The van der Waals surface area contributed by atoms with Crippen molar-refractivity contribution in [3.63, 3.8) is 0 Å². The molecular formula is C79H101F6N11O6S4. The molecule has 0 bridgehead atoms. The zero-order chi connectivity index (χ0) is 74.0. The summed E-state index contributed by atoms with van der Waals surface area (Å²) in [6.07, 6.45) is 22.6. The van der Waals surface area contributed by atoms with Crippen molar-refractivity contribution in [1.29, 1.82) is 0 Å². The highest BCUT2D eigenvalue weighted by Gasteiger charge is 2.69. The number of hydrogen-bond acceptors (Lipinski definition) is 17. The quantitative estimate of drug-likeness (QED) is 0.0411. The lowest BCUT2D eigenvalue weighted by molar-refractivity contribution is -0.306. The third-order valence-corrected chi connectivity index (χ3v) is 25.8. The van der Waals surface area contributed by atoms with Gasteiger partial charge in [-0.3, -0.25) is 25.0 Å². The van der Waals surface area contributed by atoms with Crippen LogP contribution in [0.5, 0.6) is 0 Å². The lowest BCUT2D eigenvalue weighted by Crippen LogP contribution is -2.58. The van der Waals surface area contributed by atoms with Crippen LogP contribution in [0.4, 0.5) is 26.3 Å². The van der Waals surface area contributed by atoms with Crippen molar-refractivity contribution in [2.45, 2.75) is 214 Å². The second-order valence-corrected chi connectivity index (χ2v) is 34.7. The van der Waals surface area contributed by atoms with E-state index in [1.807, 2.05) is 7.11 Å². The number of alkyl halides is 6. The van der Waals surface area contributed by atoms with E-state index in [9.17, 15) is 26.3 Å². The Labute approximate surface area is 639 Å². The Morgan fingerprint density at radius 3 is 1.34 bits per heavy atom. The number of thiocarbonyl (C=S) groups is 3. The van der Waals surface area contributed by atoms with Crippen molar-refractivity contribution >= 4 is 79.7 Å². The standard InChI is InChI=1S/C25H28F2N4O.C25H27F2N3OS.C22H23NOS3.C4H10O2.C3H8F2N2.H3N.H2O/c1-32-19-8-10-23(11-9-19)13-18-7-6-17(5-4-16-2-3-16)12-20(18)25(23)21-29-14-24(26,27)15-31(21)22(28)30-25;1-31-19-8-10-23(11-9-19)13-18-7-6-17(5-4-16-2-3-16)12-20(18)25(23)21-28-14-24(26,27)15-30(21)22(32)29-25;1-24-17-8-10-21(11-9-17)13-16-7-6-15(5-4-14-2-3-14)12-18(16)22(21)19(25)27-20(26)23-22;1-4(2,3)6-5;4-3(5,1-6)2-7;;/h6-7,12,16,19H,2-3,8-11,13-15H2,1H3,(H2,28,30);6-7,12,16,19H,2-3,8-11,13-15H2,1H3,(H,29,32);6-7,12,14,17H,2-3,8-11,13H2,1H3,(H,23,26);5H,1-3H3;1-2,6-7H2;1H3;1H2. The molecule has 17 nitrogen and oxygen atoms in total. The molecule has 8 fully saturated rings. The van der Waals surface area contributed by atoms with Gasteiger partial charge in [0.25, 0.3) is 17.8 Å². The number of halogens is 6. The molecule has 5 aliphatic heterocycles. The zero-order valence-corrected chi connectivity index (χ0v) is 64.7. The molecule has 6 spiro atoms. The minimum Gasteiger partial charge on any atom is -0.412 e. The summed E-state index contributed by atoms with van der Waals surface area (Å²) in [4.78, 5) is 20.9. The highest BCUT2D eigenvalue weighted by Crippen LogP contribution is 2.65. The minimum atomic E-state index is -2.91. The predicted octanol–water partition coefficient (Wildman–Crippen LogP) is 12.3. The molecule has 574 valence electrons. The van der Waals surface area contributed by atoms with Crippen LogP contribution in [0.3, 0.4) is 0 Å². The first-order valence-corrected chi connectivity index (χ1v) is 38.8. The Balaban J connectivity index is 0.000000145. The number of hydrogen-bond donors (Lipinski definition) is 7. The van der Waals surface area contributed by atoms with Crippen molar-refractivity contribution in [3.8, 4) is 35.5 Å². The van der Waals surface area contributed by atoms with Crippen molar-refractivity contribution in [2.75, 3.05) is 60.6 Å². The Bertz CT molecular complexity index is 4130. The van der Waals surface area contributed by atoms with E-state index >= 15 is 0 Å². The molecule has 3 aromatic rings. The lowest BCUT2D eigenvalue weighted by atomic mass is 9.61. The van der Waals surface area contributed by atoms with E-state index in [2.05, 4.69) is 127 Å². The zero-order valence-electron chi connectivity index (χ0n) is 61.4. The SMILES string of the molecule is CC(C)(C)OO.COC1CCC2(CC1)Cc1ccc(C#CC3CC3)cc1C21N=C(N)N2CC(F)(F)CN=C21.COC1CCC2(CC1)Cc1ccc(C#CC3CC3)cc1C21NC(=S)N2CC(F)(F)CN=C21.COC1CCC2(CC1)Cc1ccc(C#CC3CC3)cc1C21NC(=S)SC1=S.N.NCC(F)(F)CN.O. The Morgan fingerprint density at radius 1 is 0.575 bits per heavy atom. The molecule has 0 radical (unpaired) electrons. The van der Waals surface area contributed by atoms with Gasteiger partial charge in [0.05, 0.1) is 54.3 Å². The van der Waals surface area contributed by atoms with Gasteiger partial charge in [-0.15, -0.1) is 0 Å². The van der Waals surface area contributed by atoms with Crippen LogP contribution in [-0.4, -0.2) is 154 Å². The molecule has 9 aliphatic carbocycles. The van der Waals surface area contributed by atoms with Crippen molar-refractivity contribution in [2.24, 2.45) is 66.2 Å². The van der Waals surface area contributed by atoms with Gasteiger partial charge in [0.1, 0.15) is 40.2 Å². The van der Waals surface area contributed by atoms with E-state index in [4.69, 9.17) is 66.8 Å². The van der Waals surface area contributed by atoms with E-state index in [0.717, 1.165) is 133 Å². The number of nitrogens with zero attached hydrogens (tertiary/aromatic N) is 5. The number of guanidine groups is 1. The number of methoxy groups -OCH3 is 3. The van der Waals surface area contributed by atoms with Gasteiger partial charge in [0, 0.05) is 72.0 Å².